The molecule has 1 fully saturated rings. The molecule has 6 rings (SSSR count). The van der Waals surface area contributed by atoms with Gasteiger partial charge in [0, 0.05) is 6.54 Å². The normalized spacial score (nSPS) is 19.0. The number of halogens is 3. The van der Waals surface area contributed by atoms with Crippen LogP contribution in [0.3, 0.4) is 0 Å². The fraction of sp³-hybridized carbons (Fsp3) is 0.387. The number of rotatable bonds is 5. The minimum Gasteiger partial charge on any atom is -0.378 e. The van der Waals surface area contributed by atoms with Gasteiger partial charge in [-0.1, -0.05) is 42.5 Å². The summed E-state index contributed by atoms with van der Waals surface area (Å²) in [5, 5.41) is 10.7. The minimum atomic E-state index is -4.59. The van der Waals surface area contributed by atoms with Gasteiger partial charge in [0.15, 0.2) is 6.10 Å². The first-order valence-electron chi connectivity index (χ1n) is 13.7. The van der Waals surface area contributed by atoms with Crippen molar-refractivity contribution < 1.29 is 23.1 Å². The highest BCUT2D eigenvalue weighted by molar-refractivity contribution is 5.82. The van der Waals surface area contributed by atoms with Crippen LogP contribution in [0.15, 0.2) is 59.4 Å². The number of fused-ring (bicyclic) bond motifs is 1. The highest BCUT2D eigenvalue weighted by atomic mass is 19.4. The van der Waals surface area contributed by atoms with Crippen LogP contribution in [0.5, 0.6) is 0 Å². The number of hydrogen-bond donors (Lipinski definition) is 2. The topological polar surface area (TPSA) is 86.3 Å². The SMILES string of the molecule is O=C([C@H](O)c1cccc(C(F)(F)F)c1)N1CCCc2nc(C3(c4cccc(C5=CCCC5)c4)CC3)[nH]c(=O)c2C1. The van der Waals surface area contributed by atoms with E-state index in [0.717, 1.165) is 49.4 Å². The van der Waals surface area contributed by atoms with E-state index in [9.17, 15) is 27.9 Å². The molecule has 1 aromatic heterocycles. The van der Waals surface area contributed by atoms with Crippen LogP contribution in [-0.4, -0.2) is 32.4 Å². The van der Waals surface area contributed by atoms with Crippen LogP contribution < -0.4 is 5.56 Å². The summed E-state index contributed by atoms with van der Waals surface area (Å²) in [5.74, 6) is -0.107. The molecule has 0 spiro atoms. The van der Waals surface area contributed by atoms with E-state index >= 15 is 0 Å². The summed E-state index contributed by atoms with van der Waals surface area (Å²) in [6, 6.07) is 12.6. The molecule has 1 atom stereocenters. The van der Waals surface area contributed by atoms with Crippen molar-refractivity contribution in [2.75, 3.05) is 6.54 Å². The number of carbonyl (C=O) groups is 1. The fourth-order valence-corrected chi connectivity index (χ4v) is 5.97. The second-order valence-corrected chi connectivity index (χ2v) is 11.0. The molecule has 208 valence electrons. The molecule has 0 saturated heterocycles. The van der Waals surface area contributed by atoms with Gasteiger partial charge >= 0.3 is 6.18 Å². The molecule has 1 amide bonds. The van der Waals surface area contributed by atoms with E-state index in [1.54, 1.807) is 0 Å². The molecule has 9 heteroatoms. The third kappa shape index (κ3) is 4.87. The molecule has 40 heavy (non-hydrogen) atoms. The maximum Gasteiger partial charge on any atom is 0.416 e. The predicted molar refractivity (Wildman–Crippen MR) is 143 cm³/mol. The number of alkyl halides is 3. The lowest BCUT2D eigenvalue weighted by Gasteiger charge is -2.24. The molecule has 1 aliphatic heterocycles. The zero-order valence-corrected chi connectivity index (χ0v) is 21.9. The zero-order valence-electron chi connectivity index (χ0n) is 21.9. The molecular weight excluding hydrogens is 519 g/mol. The average molecular weight is 550 g/mol. The molecule has 6 nitrogen and oxygen atoms in total. The molecule has 0 radical (unpaired) electrons. The Labute approximate surface area is 229 Å². The number of aliphatic hydroxyl groups excluding tert-OH is 1. The van der Waals surface area contributed by atoms with Crippen LogP contribution in [-0.2, 0) is 29.4 Å². The van der Waals surface area contributed by atoms with Gasteiger partial charge in [0.25, 0.3) is 11.5 Å². The summed E-state index contributed by atoms with van der Waals surface area (Å²) in [4.78, 5) is 35.7. The first kappa shape index (κ1) is 26.5. The van der Waals surface area contributed by atoms with E-state index in [0.29, 0.717) is 29.9 Å². The van der Waals surface area contributed by atoms with Crippen LogP contribution in [0, 0.1) is 0 Å². The smallest absolute Gasteiger partial charge is 0.378 e. The van der Waals surface area contributed by atoms with E-state index in [-0.39, 0.29) is 29.6 Å². The second-order valence-electron chi connectivity index (χ2n) is 11.0. The maximum atomic E-state index is 13.4. The van der Waals surface area contributed by atoms with Crippen LogP contribution in [0.2, 0.25) is 0 Å². The van der Waals surface area contributed by atoms with Crippen molar-refractivity contribution in [3.63, 3.8) is 0 Å². The number of carbonyl (C=O) groups excluding carboxylic acids is 1. The van der Waals surface area contributed by atoms with Crippen LogP contribution in [0.4, 0.5) is 13.2 Å². The van der Waals surface area contributed by atoms with Gasteiger partial charge in [-0.25, -0.2) is 4.98 Å². The van der Waals surface area contributed by atoms with Crippen molar-refractivity contribution in [3.8, 4) is 0 Å². The van der Waals surface area contributed by atoms with E-state index in [1.165, 1.54) is 28.5 Å². The molecule has 2 aromatic carbocycles. The number of benzene rings is 2. The Morgan fingerprint density at radius 2 is 1.88 bits per heavy atom. The number of allylic oxidation sites excluding steroid dienone is 2. The number of hydrogen-bond acceptors (Lipinski definition) is 4. The van der Waals surface area contributed by atoms with Crippen molar-refractivity contribution in [1.82, 2.24) is 14.9 Å². The monoisotopic (exact) mass is 549 g/mol. The molecule has 3 aromatic rings. The Balaban J connectivity index is 1.26. The Morgan fingerprint density at radius 1 is 1.07 bits per heavy atom. The van der Waals surface area contributed by atoms with Crippen molar-refractivity contribution in [1.29, 1.82) is 0 Å². The highest BCUT2D eigenvalue weighted by Gasteiger charge is 2.49. The minimum absolute atomic E-state index is 0.0660. The maximum absolute atomic E-state index is 13.4. The zero-order chi connectivity index (χ0) is 28.1. The lowest BCUT2D eigenvalue weighted by atomic mass is 9.91. The van der Waals surface area contributed by atoms with Crippen LogP contribution >= 0.6 is 0 Å². The molecule has 0 bridgehead atoms. The van der Waals surface area contributed by atoms with Crippen molar-refractivity contribution in [2.24, 2.45) is 0 Å². The molecule has 2 heterocycles. The molecule has 3 aliphatic rings. The number of H-pyrrole nitrogens is 1. The van der Waals surface area contributed by atoms with Crippen molar-refractivity contribution in [3.05, 3.63) is 104 Å². The first-order valence-corrected chi connectivity index (χ1v) is 13.7. The molecular formula is C31H30F3N3O3. The Morgan fingerprint density at radius 3 is 2.60 bits per heavy atom. The quantitative estimate of drug-likeness (QED) is 0.444. The summed E-state index contributed by atoms with van der Waals surface area (Å²) < 4.78 is 39.4. The second kappa shape index (κ2) is 10.0. The predicted octanol–water partition coefficient (Wildman–Crippen LogP) is 5.44. The van der Waals surface area contributed by atoms with Gasteiger partial charge in [-0.15, -0.1) is 0 Å². The number of aromatic nitrogens is 2. The largest absolute Gasteiger partial charge is 0.416 e. The van der Waals surface area contributed by atoms with Gasteiger partial charge < -0.3 is 15.0 Å². The number of nitrogens with one attached hydrogen (secondary N) is 1. The lowest BCUT2D eigenvalue weighted by Crippen LogP contribution is -2.36. The van der Waals surface area contributed by atoms with Gasteiger partial charge in [-0.05, 0) is 79.3 Å². The molecule has 2 N–H and O–H groups in total. The summed E-state index contributed by atoms with van der Waals surface area (Å²) >= 11 is 0. The average Bonchev–Trinajstić information content (AvgIpc) is 3.64. The summed E-state index contributed by atoms with van der Waals surface area (Å²) in [6.07, 6.45) is 2.02. The van der Waals surface area contributed by atoms with Crippen LogP contribution in [0.1, 0.15) is 84.0 Å². The van der Waals surface area contributed by atoms with Crippen molar-refractivity contribution in [2.45, 2.75) is 69.2 Å². The van der Waals surface area contributed by atoms with Gasteiger partial charge in [0.05, 0.1) is 28.8 Å². The van der Waals surface area contributed by atoms with Gasteiger partial charge in [0.2, 0.25) is 0 Å². The number of aryl methyl sites for hydroxylation is 1. The number of nitrogens with zero attached hydrogens (tertiary/aromatic N) is 2. The Kier molecular flexibility index (Phi) is 6.65. The Hall–Kier alpha value is -3.72. The van der Waals surface area contributed by atoms with E-state index in [2.05, 4.69) is 35.3 Å². The highest BCUT2D eigenvalue weighted by Crippen LogP contribution is 2.52. The van der Waals surface area contributed by atoms with Crippen molar-refractivity contribution >= 4 is 11.5 Å². The summed E-state index contributed by atoms with van der Waals surface area (Å²) in [5.41, 5.74) is 2.94. The molecule has 1 saturated carbocycles. The third-order valence-corrected chi connectivity index (χ3v) is 8.40. The number of amides is 1. The molecule has 2 aliphatic carbocycles. The Bertz CT molecular complexity index is 1560. The molecule has 0 unspecified atom stereocenters. The number of aromatic amines is 1. The van der Waals surface area contributed by atoms with E-state index in [1.807, 2.05) is 0 Å². The van der Waals surface area contributed by atoms with E-state index < -0.39 is 23.8 Å². The van der Waals surface area contributed by atoms with Gasteiger partial charge in [0.1, 0.15) is 5.82 Å². The van der Waals surface area contributed by atoms with Crippen LogP contribution in [0.25, 0.3) is 5.57 Å². The summed E-state index contributed by atoms with van der Waals surface area (Å²) in [6.45, 7) is 0.186. The first-order chi connectivity index (χ1) is 19.2. The summed E-state index contributed by atoms with van der Waals surface area (Å²) in [7, 11) is 0. The lowest BCUT2D eigenvalue weighted by molar-refractivity contribution is -0.142. The van der Waals surface area contributed by atoms with Gasteiger partial charge in [-0.2, -0.15) is 13.2 Å². The number of aliphatic hydroxyl groups is 1. The third-order valence-electron chi connectivity index (χ3n) is 8.40. The van der Waals surface area contributed by atoms with E-state index in [4.69, 9.17) is 4.98 Å². The fourth-order valence-electron chi connectivity index (χ4n) is 5.97. The van der Waals surface area contributed by atoms with Gasteiger partial charge in [-0.3, -0.25) is 9.59 Å². The standard InChI is InChI=1S/C31H30F3N3O3/c32-31(33,34)23-11-4-9-21(17-23)26(38)28(40)37-15-5-12-25-24(18-37)27(39)36-29(35-25)30(13-14-30)22-10-3-8-20(16-22)19-6-1-2-7-19/h3-4,6,8-11,16-17,26,38H,1-2,5,7,12-15,18H2,(H,35,36,39)/t26-/m1/s1.